The van der Waals surface area contributed by atoms with Crippen LogP contribution in [0.25, 0.3) is 0 Å². The molecule has 0 unspecified atom stereocenters. The van der Waals surface area contributed by atoms with Crippen LogP contribution >= 0.6 is 0 Å². The molecule has 5 nitrogen and oxygen atoms in total. The summed E-state index contributed by atoms with van der Waals surface area (Å²) in [6.45, 7) is 3.14. The highest BCUT2D eigenvalue weighted by atomic mass is 32.2. The highest BCUT2D eigenvalue weighted by Gasteiger charge is 2.19. The average molecular weight is 304 g/mol. The van der Waals surface area contributed by atoms with Gasteiger partial charge in [0.15, 0.2) is 5.78 Å². The molecule has 0 amide bonds. The van der Waals surface area contributed by atoms with Crippen LogP contribution in [0.5, 0.6) is 0 Å². The number of nitrogens with zero attached hydrogens (tertiary/aromatic N) is 1. The Balaban J connectivity index is 2.26. The number of pyridine rings is 1. The Labute approximate surface area is 124 Å². The minimum atomic E-state index is -3.69. The van der Waals surface area contributed by atoms with Crippen LogP contribution in [-0.4, -0.2) is 19.2 Å². The van der Waals surface area contributed by atoms with Crippen molar-refractivity contribution in [2.75, 3.05) is 0 Å². The molecule has 2 rings (SSSR count). The van der Waals surface area contributed by atoms with Crippen LogP contribution in [0, 0.1) is 0 Å². The molecule has 1 N–H and O–H groups in total. The number of hydrogen-bond donors (Lipinski definition) is 1. The van der Waals surface area contributed by atoms with Crippen LogP contribution in [0.15, 0.2) is 53.7 Å². The van der Waals surface area contributed by atoms with Gasteiger partial charge in [-0.1, -0.05) is 18.2 Å². The monoisotopic (exact) mass is 304 g/mol. The fraction of sp³-hybridized carbons (Fsp3) is 0.200. The highest BCUT2D eigenvalue weighted by Crippen LogP contribution is 2.17. The van der Waals surface area contributed by atoms with E-state index >= 15 is 0 Å². The number of carbonyl (C=O) groups excluding carboxylic acids is 1. The maximum absolute atomic E-state index is 12.3. The smallest absolute Gasteiger partial charge is 0.241 e. The fourth-order valence-electron chi connectivity index (χ4n) is 1.88. The summed E-state index contributed by atoms with van der Waals surface area (Å²) in [6, 6.07) is 9.12. The number of sulfonamides is 1. The van der Waals surface area contributed by atoms with E-state index in [0.717, 1.165) is 5.56 Å². The lowest BCUT2D eigenvalue weighted by Gasteiger charge is -2.14. The summed E-state index contributed by atoms with van der Waals surface area (Å²) in [5.41, 5.74) is 1.13. The molecule has 2 aromatic rings. The number of Topliss-reactive ketones (excluding diaryl/α,β-unsaturated/α-hetero) is 1. The zero-order chi connectivity index (χ0) is 15.5. The molecule has 0 radical (unpaired) electrons. The molecular formula is C15H16N2O3S. The zero-order valence-electron chi connectivity index (χ0n) is 11.8. The van der Waals surface area contributed by atoms with E-state index in [0.29, 0.717) is 5.56 Å². The summed E-state index contributed by atoms with van der Waals surface area (Å²) in [6.07, 6.45) is 3.24. The molecule has 0 spiro atoms. The SMILES string of the molecule is CC(=O)c1cccc(S(=O)(=O)N[C@H](C)c2cccnc2)c1. The van der Waals surface area contributed by atoms with Crippen molar-refractivity contribution < 1.29 is 13.2 Å². The van der Waals surface area contributed by atoms with Crippen molar-refractivity contribution in [2.45, 2.75) is 24.8 Å². The maximum Gasteiger partial charge on any atom is 0.241 e. The summed E-state index contributed by atoms with van der Waals surface area (Å²) < 4.78 is 27.3. The first kappa shape index (κ1) is 15.3. The summed E-state index contributed by atoms with van der Waals surface area (Å²) in [5, 5.41) is 0. The second-order valence-electron chi connectivity index (χ2n) is 4.71. The number of nitrogens with one attached hydrogen (secondary N) is 1. The van der Waals surface area contributed by atoms with E-state index in [9.17, 15) is 13.2 Å². The van der Waals surface area contributed by atoms with Crippen LogP contribution in [0.3, 0.4) is 0 Å². The van der Waals surface area contributed by atoms with Crippen molar-refractivity contribution in [3.05, 3.63) is 59.9 Å². The average Bonchev–Trinajstić information content (AvgIpc) is 2.48. The summed E-state index contributed by atoms with van der Waals surface area (Å²) >= 11 is 0. The minimum Gasteiger partial charge on any atom is -0.295 e. The largest absolute Gasteiger partial charge is 0.295 e. The first-order valence-corrected chi connectivity index (χ1v) is 7.92. The number of hydrogen-bond acceptors (Lipinski definition) is 4. The summed E-state index contributed by atoms with van der Waals surface area (Å²) in [7, 11) is -3.69. The third kappa shape index (κ3) is 3.74. The molecule has 1 heterocycles. The van der Waals surface area contributed by atoms with E-state index in [4.69, 9.17) is 0 Å². The van der Waals surface area contributed by atoms with E-state index in [1.807, 2.05) is 0 Å². The Morgan fingerprint density at radius 1 is 1.24 bits per heavy atom. The van der Waals surface area contributed by atoms with Crippen molar-refractivity contribution in [1.29, 1.82) is 0 Å². The van der Waals surface area contributed by atoms with E-state index < -0.39 is 16.1 Å². The molecule has 1 aromatic heterocycles. The van der Waals surface area contributed by atoms with Crippen LogP contribution in [-0.2, 0) is 10.0 Å². The molecule has 0 aliphatic heterocycles. The van der Waals surface area contributed by atoms with Gasteiger partial charge < -0.3 is 0 Å². The number of benzene rings is 1. The lowest BCUT2D eigenvalue weighted by Crippen LogP contribution is -2.27. The van der Waals surface area contributed by atoms with E-state index in [1.54, 1.807) is 43.6 Å². The number of ketones is 1. The Morgan fingerprint density at radius 3 is 2.62 bits per heavy atom. The second-order valence-corrected chi connectivity index (χ2v) is 6.43. The van der Waals surface area contributed by atoms with Crippen LogP contribution in [0.1, 0.15) is 35.8 Å². The van der Waals surface area contributed by atoms with Crippen molar-refractivity contribution in [3.8, 4) is 0 Å². The second kappa shape index (κ2) is 6.15. The van der Waals surface area contributed by atoms with Gasteiger partial charge in [-0.2, -0.15) is 0 Å². The topological polar surface area (TPSA) is 76.1 Å². The van der Waals surface area contributed by atoms with Crippen molar-refractivity contribution >= 4 is 15.8 Å². The Kier molecular flexibility index (Phi) is 4.50. The first-order chi connectivity index (χ1) is 9.90. The van der Waals surface area contributed by atoms with Crippen LogP contribution in [0.4, 0.5) is 0 Å². The van der Waals surface area contributed by atoms with Gasteiger partial charge in [0.25, 0.3) is 0 Å². The molecule has 0 aliphatic carbocycles. The summed E-state index contributed by atoms with van der Waals surface area (Å²) in [5.74, 6) is -0.174. The normalized spacial score (nSPS) is 12.9. The quantitative estimate of drug-likeness (QED) is 0.860. The summed E-state index contributed by atoms with van der Waals surface area (Å²) in [4.78, 5) is 15.4. The van der Waals surface area contributed by atoms with E-state index in [2.05, 4.69) is 9.71 Å². The zero-order valence-corrected chi connectivity index (χ0v) is 12.6. The van der Waals surface area contributed by atoms with E-state index in [1.165, 1.54) is 19.1 Å². The molecule has 0 fully saturated rings. The molecule has 6 heteroatoms. The van der Waals surface area contributed by atoms with Gasteiger partial charge in [0.1, 0.15) is 0 Å². The lowest BCUT2D eigenvalue weighted by molar-refractivity contribution is 0.101. The number of rotatable bonds is 5. The van der Waals surface area contributed by atoms with Crippen molar-refractivity contribution in [1.82, 2.24) is 9.71 Å². The third-order valence-electron chi connectivity index (χ3n) is 3.07. The Hall–Kier alpha value is -2.05. The van der Waals surface area contributed by atoms with Gasteiger partial charge in [0.05, 0.1) is 4.90 Å². The molecule has 0 saturated heterocycles. The van der Waals surface area contributed by atoms with Gasteiger partial charge in [0.2, 0.25) is 10.0 Å². The molecule has 0 saturated carbocycles. The third-order valence-corrected chi connectivity index (χ3v) is 4.61. The molecule has 110 valence electrons. The minimum absolute atomic E-state index is 0.0749. The molecule has 21 heavy (non-hydrogen) atoms. The van der Waals surface area contributed by atoms with Gasteiger partial charge in [-0.05, 0) is 37.6 Å². The van der Waals surface area contributed by atoms with Crippen LogP contribution in [0.2, 0.25) is 0 Å². The van der Waals surface area contributed by atoms with Crippen molar-refractivity contribution in [2.24, 2.45) is 0 Å². The van der Waals surface area contributed by atoms with Crippen LogP contribution < -0.4 is 4.72 Å². The predicted octanol–water partition coefficient (Wildman–Crippen LogP) is 2.32. The van der Waals surface area contributed by atoms with E-state index in [-0.39, 0.29) is 10.7 Å². The van der Waals surface area contributed by atoms with Crippen molar-refractivity contribution in [3.63, 3.8) is 0 Å². The fourth-order valence-corrected chi connectivity index (χ4v) is 3.16. The van der Waals surface area contributed by atoms with Gasteiger partial charge in [-0.3, -0.25) is 9.78 Å². The Bertz CT molecular complexity index is 743. The number of aromatic nitrogens is 1. The number of carbonyl (C=O) groups is 1. The van der Waals surface area contributed by atoms with Gasteiger partial charge >= 0.3 is 0 Å². The van der Waals surface area contributed by atoms with Gasteiger partial charge in [-0.15, -0.1) is 0 Å². The standard InChI is InChI=1S/C15H16N2O3S/c1-11(14-6-4-8-16-10-14)17-21(19,20)15-7-3-5-13(9-15)12(2)18/h3-11,17H,1-2H3/t11-/m1/s1. The molecular weight excluding hydrogens is 288 g/mol. The predicted molar refractivity (Wildman–Crippen MR) is 79.4 cm³/mol. The highest BCUT2D eigenvalue weighted by molar-refractivity contribution is 7.89. The molecule has 0 aliphatic rings. The molecule has 0 bridgehead atoms. The molecule has 1 aromatic carbocycles. The maximum atomic E-state index is 12.3. The van der Waals surface area contributed by atoms with Gasteiger partial charge in [0, 0.05) is 24.0 Å². The Morgan fingerprint density at radius 2 is 2.00 bits per heavy atom. The molecule has 1 atom stereocenters. The first-order valence-electron chi connectivity index (χ1n) is 6.43. The lowest BCUT2D eigenvalue weighted by atomic mass is 10.2. The van der Waals surface area contributed by atoms with Gasteiger partial charge in [-0.25, -0.2) is 13.1 Å².